The highest BCUT2D eigenvalue weighted by Gasteiger charge is 2.15. The maximum Gasteiger partial charge on any atom is 0.338 e. The fourth-order valence-corrected chi connectivity index (χ4v) is 2.65. The number of amides is 1. The number of thiophene rings is 1. The third kappa shape index (κ3) is 4.32. The number of rotatable bonds is 6. The Labute approximate surface area is 126 Å². The van der Waals surface area contributed by atoms with Crippen LogP contribution in [0, 0.1) is 6.92 Å². The molecule has 2 N–H and O–H groups in total. The standard InChI is InChI=1S/C15H15NO4S/c1-10-9-12(15(18)19)14(21-10)16-13(17)7-8-20-11-5-3-2-4-6-11/h2-6,9H,7-8H2,1H3,(H,16,17)(H,18,19). The molecule has 0 fully saturated rings. The van der Waals surface area contributed by atoms with Crippen molar-refractivity contribution in [3.05, 3.63) is 46.8 Å². The van der Waals surface area contributed by atoms with Crippen LogP contribution in [0.1, 0.15) is 21.7 Å². The smallest absolute Gasteiger partial charge is 0.338 e. The van der Waals surface area contributed by atoms with Gasteiger partial charge in [0.15, 0.2) is 0 Å². The van der Waals surface area contributed by atoms with E-state index in [-0.39, 0.29) is 24.5 Å². The van der Waals surface area contributed by atoms with Gasteiger partial charge in [0.25, 0.3) is 0 Å². The molecular weight excluding hydrogens is 290 g/mol. The first-order chi connectivity index (χ1) is 10.1. The summed E-state index contributed by atoms with van der Waals surface area (Å²) in [4.78, 5) is 23.7. The van der Waals surface area contributed by atoms with Gasteiger partial charge in [0.05, 0.1) is 18.6 Å². The number of aryl methyl sites for hydroxylation is 1. The zero-order valence-corrected chi connectivity index (χ0v) is 12.3. The van der Waals surface area contributed by atoms with Gasteiger partial charge in [-0.2, -0.15) is 0 Å². The molecule has 0 aliphatic heterocycles. The summed E-state index contributed by atoms with van der Waals surface area (Å²) >= 11 is 1.25. The van der Waals surface area contributed by atoms with Crippen LogP contribution >= 0.6 is 11.3 Å². The Morgan fingerprint density at radius 3 is 2.67 bits per heavy atom. The molecule has 1 amide bonds. The molecule has 0 aliphatic rings. The zero-order valence-electron chi connectivity index (χ0n) is 11.5. The number of carbonyl (C=O) groups is 2. The zero-order chi connectivity index (χ0) is 15.2. The van der Waals surface area contributed by atoms with E-state index in [1.165, 1.54) is 11.3 Å². The third-order valence-corrected chi connectivity index (χ3v) is 3.65. The van der Waals surface area contributed by atoms with Crippen molar-refractivity contribution in [3.8, 4) is 5.75 Å². The quantitative estimate of drug-likeness (QED) is 0.859. The Morgan fingerprint density at radius 1 is 1.29 bits per heavy atom. The van der Waals surface area contributed by atoms with Crippen molar-refractivity contribution in [2.75, 3.05) is 11.9 Å². The van der Waals surface area contributed by atoms with Gasteiger partial charge >= 0.3 is 5.97 Å². The van der Waals surface area contributed by atoms with Crippen LogP contribution in [0.4, 0.5) is 5.00 Å². The van der Waals surface area contributed by atoms with E-state index in [0.717, 1.165) is 4.88 Å². The summed E-state index contributed by atoms with van der Waals surface area (Å²) in [6.45, 7) is 2.04. The van der Waals surface area contributed by atoms with Crippen LogP contribution in [0.2, 0.25) is 0 Å². The number of ether oxygens (including phenoxy) is 1. The monoisotopic (exact) mass is 305 g/mol. The molecule has 0 unspecified atom stereocenters. The minimum absolute atomic E-state index is 0.120. The number of benzene rings is 1. The van der Waals surface area contributed by atoms with Crippen LogP contribution in [0.25, 0.3) is 0 Å². The van der Waals surface area contributed by atoms with Crippen LogP contribution in [-0.2, 0) is 4.79 Å². The number of hydrogen-bond donors (Lipinski definition) is 2. The third-order valence-electron chi connectivity index (χ3n) is 2.68. The first-order valence-electron chi connectivity index (χ1n) is 6.37. The van der Waals surface area contributed by atoms with E-state index in [4.69, 9.17) is 9.84 Å². The number of nitrogens with one attached hydrogen (secondary N) is 1. The SMILES string of the molecule is Cc1cc(C(=O)O)c(NC(=O)CCOc2ccccc2)s1. The van der Waals surface area contributed by atoms with Crippen LogP contribution in [0.3, 0.4) is 0 Å². The van der Waals surface area contributed by atoms with E-state index in [2.05, 4.69) is 5.32 Å². The Kier molecular flexibility index (Phi) is 4.94. The van der Waals surface area contributed by atoms with E-state index in [1.54, 1.807) is 13.0 Å². The van der Waals surface area contributed by atoms with Crippen LogP contribution in [0.15, 0.2) is 36.4 Å². The summed E-state index contributed by atoms with van der Waals surface area (Å²) in [5, 5.41) is 12.0. The molecule has 6 heteroatoms. The molecule has 2 aromatic rings. The van der Waals surface area contributed by atoms with E-state index >= 15 is 0 Å². The second kappa shape index (κ2) is 6.90. The second-order valence-corrected chi connectivity index (χ2v) is 5.62. The number of anilines is 1. The van der Waals surface area contributed by atoms with Crippen molar-refractivity contribution in [2.24, 2.45) is 0 Å². The number of carboxylic acids is 1. The van der Waals surface area contributed by atoms with Crippen LogP contribution < -0.4 is 10.1 Å². The topological polar surface area (TPSA) is 75.6 Å². The summed E-state index contributed by atoms with van der Waals surface area (Å²) in [6.07, 6.45) is 0.158. The molecule has 2 rings (SSSR count). The predicted octanol–water partition coefficient (Wildman–Crippen LogP) is 3.16. The minimum Gasteiger partial charge on any atom is -0.493 e. The van der Waals surface area contributed by atoms with E-state index in [9.17, 15) is 9.59 Å². The predicted molar refractivity (Wildman–Crippen MR) is 81.2 cm³/mol. The van der Waals surface area contributed by atoms with Crippen molar-refractivity contribution in [1.82, 2.24) is 0 Å². The largest absolute Gasteiger partial charge is 0.493 e. The van der Waals surface area contributed by atoms with Gasteiger partial charge in [-0.25, -0.2) is 4.79 Å². The van der Waals surface area contributed by atoms with Crippen molar-refractivity contribution < 1.29 is 19.4 Å². The highest BCUT2D eigenvalue weighted by molar-refractivity contribution is 7.16. The molecule has 0 saturated carbocycles. The highest BCUT2D eigenvalue weighted by Crippen LogP contribution is 2.27. The molecule has 0 spiro atoms. The lowest BCUT2D eigenvalue weighted by atomic mass is 10.3. The van der Waals surface area contributed by atoms with Gasteiger partial charge in [0.1, 0.15) is 10.8 Å². The lowest BCUT2D eigenvalue weighted by Gasteiger charge is -2.06. The maximum absolute atomic E-state index is 11.8. The van der Waals surface area contributed by atoms with Gasteiger partial charge in [-0.15, -0.1) is 11.3 Å². The molecule has 5 nitrogen and oxygen atoms in total. The molecule has 1 aromatic heterocycles. The van der Waals surface area contributed by atoms with Gasteiger partial charge in [0, 0.05) is 4.88 Å². The molecule has 0 aliphatic carbocycles. The first-order valence-corrected chi connectivity index (χ1v) is 7.19. The number of hydrogen-bond acceptors (Lipinski definition) is 4. The van der Waals surface area contributed by atoms with Crippen molar-refractivity contribution >= 4 is 28.2 Å². The fourth-order valence-electron chi connectivity index (χ4n) is 1.73. The van der Waals surface area contributed by atoms with Crippen LogP contribution in [-0.4, -0.2) is 23.6 Å². The lowest BCUT2D eigenvalue weighted by Crippen LogP contribution is -2.16. The van der Waals surface area contributed by atoms with E-state index < -0.39 is 5.97 Å². The number of para-hydroxylation sites is 1. The maximum atomic E-state index is 11.8. The number of carbonyl (C=O) groups excluding carboxylic acids is 1. The molecule has 21 heavy (non-hydrogen) atoms. The summed E-state index contributed by atoms with van der Waals surface area (Å²) in [5.41, 5.74) is 0.120. The minimum atomic E-state index is -1.05. The van der Waals surface area contributed by atoms with Gasteiger partial charge in [-0.05, 0) is 25.1 Å². The fraction of sp³-hybridized carbons (Fsp3) is 0.200. The lowest BCUT2D eigenvalue weighted by molar-refractivity contribution is -0.116. The van der Waals surface area contributed by atoms with Gasteiger partial charge in [-0.1, -0.05) is 18.2 Å². The Hall–Kier alpha value is -2.34. The van der Waals surface area contributed by atoms with E-state index in [1.807, 2.05) is 30.3 Å². The Bertz CT molecular complexity index is 636. The normalized spacial score (nSPS) is 10.1. The number of aromatic carboxylic acids is 1. The second-order valence-electron chi connectivity index (χ2n) is 4.36. The molecule has 0 radical (unpaired) electrons. The summed E-state index contributed by atoms with van der Waals surface area (Å²) < 4.78 is 5.42. The summed E-state index contributed by atoms with van der Waals surface area (Å²) in [7, 11) is 0. The van der Waals surface area contributed by atoms with Crippen molar-refractivity contribution in [3.63, 3.8) is 0 Å². The first kappa shape index (κ1) is 15.1. The summed E-state index contributed by atoms with van der Waals surface area (Å²) in [5.74, 6) is -0.617. The highest BCUT2D eigenvalue weighted by atomic mass is 32.1. The van der Waals surface area contributed by atoms with Gasteiger partial charge < -0.3 is 15.2 Å². The molecule has 0 bridgehead atoms. The molecule has 0 saturated heterocycles. The molecule has 1 heterocycles. The molecule has 1 aromatic carbocycles. The molecule has 0 atom stereocenters. The number of carboxylic acid groups (broad SMARTS) is 1. The van der Waals surface area contributed by atoms with E-state index in [0.29, 0.717) is 10.8 Å². The average molecular weight is 305 g/mol. The van der Waals surface area contributed by atoms with Gasteiger partial charge in [-0.3, -0.25) is 4.79 Å². The Balaban J connectivity index is 1.86. The van der Waals surface area contributed by atoms with Gasteiger partial charge in [0.2, 0.25) is 5.91 Å². The summed E-state index contributed by atoms with van der Waals surface area (Å²) in [6, 6.07) is 10.7. The molecule has 110 valence electrons. The average Bonchev–Trinajstić information content (AvgIpc) is 2.81. The van der Waals surface area contributed by atoms with Crippen LogP contribution in [0.5, 0.6) is 5.75 Å². The van der Waals surface area contributed by atoms with Crippen molar-refractivity contribution in [2.45, 2.75) is 13.3 Å². The Morgan fingerprint density at radius 2 is 2.00 bits per heavy atom. The van der Waals surface area contributed by atoms with Crippen molar-refractivity contribution in [1.29, 1.82) is 0 Å². The molecular formula is C15H15NO4S.